The highest BCUT2D eigenvalue weighted by Gasteiger charge is 2.13. The Morgan fingerprint density at radius 3 is 3.05 bits per heavy atom. The Bertz CT molecular complexity index is 601. The van der Waals surface area contributed by atoms with Gasteiger partial charge in [-0.05, 0) is 30.8 Å². The first-order chi connectivity index (χ1) is 9.86. The zero-order chi connectivity index (χ0) is 13.8. The standard InChI is InChI=1S/C15H16N2O3/c1-16-7-12-4-5-17-8-15(12)18-9-11-2-3-13-14(6-11)20-10-19-13/h2-6,8,16H,7,9-10H2,1H3. The largest absolute Gasteiger partial charge is 0.487 e. The summed E-state index contributed by atoms with van der Waals surface area (Å²) in [7, 11) is 1.90. The number of nitrogens with one attached hydrogen (secondary N) is 1. The molecule has 0 saturated carbocycles. The SMILES string of the molecule is CNCc1ccncc1OCc1ccc2c(c1)OCO2. The molecule has 0 saturated heterocycles. The van der Waals surface area contributed by atoms with Crippen LogP contribution in [-0.4, -0.2) is 18.8 Å². The summed E-state index contributed by atoms with van der Waals surface area (Å²) in [5.41, 5.74) is 2.12. The van der Waals surface area contributed by atoms with Gasteiger partial charge in [0.1, 0.15) is 12.4 Å². The van der Waals surface area contributed by atoms with Crippen LogP contribution in [0.15, 0.2) is 36.7 Å². The first-order valence-corrected chi connectivity index (χ1v) is 6.45. The quantitative estimate of drug-likeness (QED) is 0.903. The van der Waals surface area contributed by atoms with Crippen LogP contribution in [-0.2, 0) is 13.2 Å². The van der Waals surface area contributed by atoms with E-state index in [0.29, 0.717) is 6.61 Å². The molecule has 0 spiro atoms. The molecule has 3 rings (SSSR count). The molecule has 104 valence electrons. The normalized spacial score (nSPS) is 12.4. The molecule has 1 aliphatic heterocycles. The predicted molar refractivity (Wildman–Crippen MR) is 73.9 cm³/mol. The van der Waals surface area contributed by atoms with Crippen molar-refractivity contribution in [2.45, 2.75) is 13.2 Å². The van der Waals surface area contributed by atoms with Gasteiger partial charge < -0.3 is 19.5 Å². The minimum Gasteiger partial charge on any atom is -0.487 e. The van der Waals surface area contributed by atoms with E-state index in [1.165, 1.54) is 0 Å². The van der Waals surface area contributed by atoms with Crippen LogP contribution in [0, 0.1) is 0 Å². The van der Waals surface area contributed by atoms with Gasteiger partial charge in [0.15, 0.2) is 11.5 Å². The van der Waals surface area contributed by atoms with E-state index >= 15 is 0 Å². The molecular weight excluding hydrogens is 256 g/mol. The lowest BCUT2D eigenvalue weighted by Gasteiger charge is -2.11. The van der Waals surface area contributed by atoms with Crippen molar-refractivity contribution in [3.63, 3.8) is 0 Å². The molecule has 1 aromatic heterocycles. The van der Waals surface area contributed by atoms with Crippen LogP contribution in [0.1, 0.15) is 11.1 Å². The van der Waals surface area contributed by atoms with Crippen molar-refractivity contribution in [2.75, 3.05) is 13.8 Å². The smallest absolute Gasteiger partial charge is 0.231 e. The summed E-state index contributed by atoms with van der Waals surface area (Å²) in [6.07, 6.45) is 3.50. The summed E-state index contributed by atoms with van der Waals surface area (Å²) < 4.78 is 16.5. The van der Waals surface area contributed by atoms with Crippen LogP contribution in [0.5, 0.6) is 17.2 Å². The van der Waals surface area contributed by atoms with E-state index in [4.69, 9.17) is 14.2 Å². The molecule has 2 aromatic rings. The van der Waals surface area contributed by atoms with E-state index in [0.717, 1.165) is 34.9 Å². The summed E-state index contributed by atoms with van der Waals surface area (Å²) in [6, 6.07) is 7.77. The second kappa shape index (κ2) is 5.79. The molecule has 0 atom stereocenters. The lowest BCUT2D eigenvalue weighted by Crippen LogP contribution is -2.07. The second-order valence-electron chi connectivity index (χ2n) is 4.49. The minimum absolute atomic E-state index is 0.286. The van der Waals surface area contributed by atoms with Gasteiger partial charge in [-0.3, -0.25) is 4.98 Å². The predicted octanol–water partition coefficient (Wildman–Crippen LogP) is 2.11. The van der Waals surface area contributed by atoms with Gasteiger partial charge in [-0.15, -0.1) is 0 Å². The third-order valence-electron chi connectivity index (χ3n) is 3.07. The first kappa shape index (κ1) is 12.7. The zero-order valence-corrected chi connectivity index (χ0v) is 11.3. The lowest BCUT2D eigenvalue weighted by molar-refractivity contribution is 0.174. The summed E-state index contributed by atoms with van der Waals surface area (Å²) >= 11 is 0. The molecule has 0 bridgehead atoms. The van der Waals surface area contributed by atoms with Crippen LogP contribution in [0.25, 0.3) is 0 Å². The molecule has 1 N–H and O–H groups in total. The Hall–Kier alpha value is -2.27. The fourth-order valence-corrected chi connectivity index (χ4v) is 2.07. The summed E-state index contributed by atoms with van der Waals surface area (Å²) in [5, 5.41) is 3.11. The van der Waals surface area contributed by atoms with Crippen LogP contribution in [0.3, 0.4) is 0 Å². The van der Waals surface area contributed by atoms with Gasteiger partial charge in [0.05, 0.1) is 6.20 Å². The fourth-order valence-electron chi connectivity index (χ4n) is 2.07. The monoisotopic (exact) mass is 272 g/mol. The van der Waals surface area contributed by atoms with Crippen LogP contribution in [0.2, 0.25) is 0 Å². The fraction of sp³-hybridized carbons (Fsp3) is 0.267. The van der Waals surface area contributed by atoms with Gasteiger partial charge in [-0.1, -0.05) is 6.07 Å². The van der Waals surface area contributed by atoms with Crippen molar-refractivity contribution < 1.29 is 14.2 Å². The molecular formula is C15H16N2O3. The van der Waals surface area contributed by atoms with Gasteiger partial charge in [-0.2, -0.15) is 0 Å². The maximum atomic E-state index is 5.84. The van der Waals surface area contributed by atoms with E-state index in [-0.39, 0.29) is 6.79 Å². The van der Waals surface area contributed by atoms with Gasteiger partial charge >= 0.3 is 0 Å². The lowest BCUT2D eigenvalue weighted by atomic mass is 10.2. The average Bonchev–Trinajstić information content (AvgIpc) is 2.94. The Balaban J connectivity index is 1.70. The number of fused-ring (bicyclic) bond motifs is 1. The highest BCUT2D eigenvalue weighted by molar-refractivity contribution is 5.44. The summed E-state index contributed by atoms with van der Waals surface area (Å²) in [6.45, 7) is 1.51. The molecule has 0 aliphatic carbocycles. The number of ether oxygens (including phenoxy) is 3. The summed E-state index contributed by atoms with van der Waals surface area (Å²) in [5.74, 6) is 2.35. The Morgan fingerprint density at radius 1 is 1.25 bits per heavy atom. The molecule has 5 nitrogen and oxygen atoms in total. The van der Waals surface area contributed by atoms with Gasteiger partial charge in [0, 0.05) is 18.3 Å². The topological polar surface area (TPSA) is 52.6 Å². The Kier molecular flexibility index (Phi) is 3.69. The first-order valence-electron chi connectivity index (χ1n) is 6.45. The molecule has 1 aliphatic rings. The van der Waals surface area contributed by atoms with Crippen molar-refractivity contribution in [2.24, 2.45) is 0 Å². The number of nitrogens with zero attached hydrogens (tertiary/aromatic N) is 1. The van der Waals surface area contributed by atoms with E-state index in [9.17, 15) is 0 Å². The number of aromatic nitrogens is 1. The van der Waals surface area contributed by atoms with Crippen molar-refractivity contribution >= 4 is 0 Å². The molecule has 0 amide bonds. The van der Waals surface area contributed by atoms with Crippen molar-refractivity contribution in [3.05, 3.63) is 47.8 Å². The maximum absolute atomic E-state index is 5.84. The van der Waals surface area contributed by atoms with E-state index in [1.54, 1.807) is 12.4 Å². The maximum Gasteiger partial charge on any atom is 0.231 e. The van der Waals surface area contributed by atoms with Crippen LogP contribution < -0.4 is 19.5 Å². The van der Waals surface area contributed by atoms with Crippen molar-refractivity contribution in [1.29, 1.82) is 0 Å². The molecule has 0 fully saturated rings. The third kappa shape index (κ3) is 2.67. The molecule has 0 unspecified atom stereocenters. The summed E-state index contributed by atoms with van der Waals surface area (Å²) in [4.78, 5) is 4.10. The zero-order valence-electron chi connectivity index (χ0n) is 11.3. The average molecular weight is 272 g/mol. The van der Waals surface area contributed by atoms with Crippen LogP contribution in [0.4, 0.5) is 0 Å². The molecule has 20 heavy (non-hydrogen) atoms. The van der Waals surface area contributed by atoms with E-state index in [1.807, 2.05) is 31.3 Å². The number of hydrogen-bond donors (Lipinski definition) is 1. The number of hydrogen-bond acceptors (Lipinski definition) is 5. The van der Waals surface area contributed by atoms with Gasteiger partial charge in [0.2, 0.25) is 6.79 Å². The molecule has 1 aromatic carbocycles. The Morgan fingerprint density at radius 2 is 2.15 bits per heavy atom. The van der Waals surface area contributed by atoms with E-state index in [2.05, 4.69) is 10.3 Å². The number of benzene rings is 1. The Labute approximate surface area is 117 Å². The number of pyridine rings is 1. The van der Waals surface area contributed by atoms with Crippen LogP contribution >= 0.6 is 0 Å². The molecule has 0 radical (unpaired) electrons. The van der Waals surface area contributed by atoms with Gasteiger partial charge in [-0.25, -0.2) is 0 Å². The van der Waals surface area contributed by atoms with E-state index < -0.39 is 0 Å². The van der Waals surface area contributed by atoms with Crippen molar-refractivity contribution in [1.82, 2.24) is 10.3 Å². The molecule has 2 heterocycles. The van der Waals surface area contributed by atoms with Crippen molar-refractivity contribution in [3.8, 4) is 17.2 Å². The molecule has 5 heteroatoms. The van der Waals surface area contributed by atoms with Gasteiger partial charge in [0.25, 0.3) is 0 Å². The third-order valence-corrected chi connectivity index (χ3v) is 3.07. The highest BCUT2D eigenvalue weighted by atomic mass is 16.7. The highest BCUT2D eigenvalue weighted by Crippen LogP contribution is 2.32. The minimum atomic E-state index is 0.286. The number of rotatable bonds is 5. The second-order valence-corrected chi connectivity index (χ2v) is 4.49.